The number of ether oxygens (including phenoxy) is 2. The van der Waals surface area contributed by atoms with E-state index >= 15 is 0 Å². The monoisotopic (exact) mass is 160 g/mol. The van der Waals surface area contributed by atoms with Crippen LogP contribution in [0.25, 0.3) is 0 Å². The van der Waals surface area contributed by atoms with Gasteiger partial charge < -0.3 is 9.47 Å². The number of esters is 1. The van der Waals surface area contributed by atoms with E-state index in [1.165, 1.54) is 6.92 Å². The Morgan fingerprint density at radius 3 is 2.36 bits per heavy atom. The van der Waals surface area contributed by atoms with Crippen LogP contribution < -0.4 is 0 Å². The van der Waals surface area contributed by atoms with Gasteiger partial charge in [-0.15, -0.1) is 0 Å². The maximum absolute atomic E-state index is 10.5. The van der Waals surface area contributed by atoms with Crippen molar-refractivity contribution in [3.05, 3.63) is 0 Å². The Morgan fingerprint density at radius 2 is 2.00 bits per heavy atom. The maximum Gasteiger partial charge on any atom is 0.305 e. The molecule has 0 atom stereocenters. The number of rotatable bonds is 4. The molecule has 0 aromatic heterocycles. The van der Waals surface area contributed by atoms with Crippen LogP contribution in [0.4, 0.5) is 0 Å². The van der Waals surface area contributed by atoms with Gasteiger partial charge in [0.2, 0.25) is 5.79 Å². The second-order valence-electron chi connectivity index (χ2n) is 2.84. The molecule has 0 saturated carbocycles. The predicted octanol–water partition coefficient (Wildman–Crippen LogP) is 1.71. The lowest BCUT2D eigenvalue weighted by Gasteiger charge is -2.24. The average molecular weight is 160 g/mol. The van der Waals surface area contributed by atoms with Crippen LogP contribution in [0.15, 0.2) is 0 Å². The predicted molar refractivity (Wildman–Crippen MR) is 42.1 cm³/mol. The summed E-state index contributed by atoms with van der Waals surface area (Å²) in [5, 5.41) is 0. The molecule has 11 heavy (non-hydrogen) atoms. The van der Waals surface area contributed by atoms with Gasteiger partial charge in [0.15, 0.2) is 0 Å². The number of carbonyl (C=O) groups excluding carboxylic acids is 1. The molecule has 0 aliphatic heterocycles. The largest absolute Gasteiger partial charge is 0.434 e. The molecule has 0 aromatic rings. The van der Waals surface area contributed by atoms with Crippen molar-refractivity contribution in [2.45, 2.75) is 39.9 Å². The van der Waals surface area contributed by atoms with E-state index in [0.29, 0.717) is 6.61 Å². The molecule has 66 valence electrons. The fraction of sp³-hybridized carbons (Fsp3) is 0.875. The Bertz CT molecular complexity index is 129. The van der Waals surface area contributed by atoms with Crippen molar-refractivity contribution in [2.24, 2.45) is 0 Å². The third kappa shape index (κ3) is 5.85. The van der Waals surface area contributed by atoms with Crippen LogP contribution in [0.5, 0.6) is 0 Å². The van der Waals surface area contributed by atoms with Gasteiger partial charge in [0.1, 0.15) is 0 Å². The van der Waals surface area contributed by atoms with Gasteiger partial charge in [-0.3, -0.25) is 4.79 Å². The highest BCUT2D eigenvalue weighted by molar-refractivity contribution is 5.66. The Kier molecular flexibility index (Phi) is 4.11. The Morgan fingerprint density at radius 1 is 1.45 bits per heavy atom. The van der Waals surface area contributed by atoms with Crippen LogP contribution in [-0.4, -0.2) is 18.4 Å². The lowest BCUT2D eigenvalue weighted by atomic mass is 10.4. The molecule has 0 unspecified atom stereocenters. The minimum absolute atomic E-state index is 0.314. The first-order chi connectivity index (χ1) is 4.98. The first-order valence-electron chi connectivity index (χ1n) is 3.81. The highest BCUT2D eigenvalue weighted by Crippen LogP contribution is 2.11. The summed E-state index contributed by atoms with van der Waals surface area (Å²) in [6, 6.07) is 0. The molecule has 0 N–H and O–H groups in total. The summed E-state index contributed by atoms with van der Waals surface area (Å²) in [5.74, 6) is -1.09. The fourth-order valence-corrected chi connectivity index (χ4v) is 0.723. The van der Waals surface area contributed by atoms with Gasteiger partial charge in [-0.05, 0) is 6.42 Å². The van der Waals surface area contributed by atoms with Crippen molar-refractivity contribution in [1.29, 1.82) is 0 Å². The molecule has 0 bridgehead atoms. The van der Waals surface area contributed by atoms with Crippen molar-refractivity contribution in [2.75, 3.05) is 6.61 Å². The van der Waals surface area contributed by atoms with Gasteiger partial charge in [0.05, 0.1) is 6.61 Å². The molecule has 0 saturated heterocycles. The fourth-order valence-electron chi connectivity index (χ4n) is 0.723. The summed E-state index contributed by atoms with van der Waals surface area (Å²) >= 11 is 0. The highest BCUT2D eigenvalue weighted by Gasteiger charge is 2.20. The van der Waals surface area contributed by atoms with Gasteiger partial charge >= 0.3 is 5.97 Å². The number of carbonyl (C=O) groups is 1. The van der Waals surface area contributed by atoms with E-state index in [-0.39, 0.29) is 5.97 Å². The molecular weight excluding hydrogens is 144 g/mol. The summed E-state index contributed by atoms with van der Waals surface area (Å²) < 4.78 is 10.1. The van der Waals surface area contributed by atoms with E-state index in [1.807, 2.05) is 6.92 Å². The van der Waals surface area contributed by atoms with Crippen LogP contribution >= 0.6 is 0 Å². The lowest BCUT2D eigenvalue weighted by molar-refractivity contribution is -0.213. The van der Waals surface area contributed by atoms with Crippen LogP contribution in [0.3, 0.4) is 0 Å². The Hall–Kier alpha value is -0.570. The zero-order valence-electron chi connectivity index (χ0n) is 7.64. The van der Waals surface area contributed by atoms with E-state index in [4.69, 9.17) is 9.47 Å². The molecule has 0 fully saturated rings. The van der Waals surface area contributed by atoms with E-state index in [1.54, 1.807) is 13.8 Å². The Labute approximate surface area is 67.7 Å². The topological polar surface area (TPSA) is 35.5 Å². The smallest absolute Gasteiger partial charge is 0.305 e. The zero-order valence-corrected chi connectivity index (χ0v) is 7.64. The molecule has 0 heterocycles. The summed E-state index contributed by atoms with van der Waals surface area (Å²) in [4.78, 5) is 10.5. The third-order valence-electron chi connectivity index (χ3n) is 1.04. The van der Waals surface area contributed by atoms with E-state index in [9.17, 15) is 4.79 Å². The summed E-state index contributed by atoms with van der Waals surface area (Å²) in [7, 11) is 0. The van der Waals surface area contributed by atoms with E-state index < -0.39 is 5.79 Å². The van der Waals surface area contributed by atoms with Crippen LogP contribution in [0.2, 0.25) is 0 Å². The van der Waals surface area contributed by atoms with Crippen LogP contribution in [-0.2, 0) is 14.3 Å². The quantitative estimate of drug-likeness (QED) is 0.464. The molecule has 3 heteroatoms. The number of hydrogen-bond acceptors (Lipinski definition) is 3. The molecular formula is C8H16O3. The maximum atomic E-state index is 10.5. The van der Waals surface area contributed by atoms with Gasteiger partial charge in [-0.2, -0.15) is 0 Å². The first kappa shape index (κ1) is 10.4. The van der Waals surface area contributed by atoms with Crippen molar-refractivity contribution in [1.82, 2.24) is 0 Å². The third-order valence-corrected chi connectivity index (χ3v) is 1.04. The molecule has 0 radical (unpaired) electrons. The highest BCUT2D eigenvalue weighted by atomic mass is 16.7. The zero-order chi connectivity index (χ0) is 8.91. The average Bonchev–Trinajstić information content (AvgIpc) is 1.81. The van der Waals surface area contributed by atoms with E-state index in [2.05, 4.69) is 0 Å². The lowest BCUT2D eigenvalue weighted by Crippen LogP contribution is -2.30. The van der Waals surface area contributed by atoms with Crippen LogP contribution in [0.1, 0.15) is 34.1 Å². The molecule has 0 aliphatic rings. The Balaban J connectivity index is 3.70. The molecule has 3 nitrogen and oxygen atoms in total. The van der Waals surface area contributed by atoms with E-state index in [0.717, 1.165) is 6.42 Å². The molecule has 0 aliphatic carbocycles. The summed E-state index contributed by atoms with van der Waals surface area (Å²) in [6.45, 7) is 7.44. The van der Waals surface area contributed by atoms with Crippen molar-refractivity contribution in [3.63, 3.8) is 0 Å². The summed E-state index contributed by atoms with van der Waals surface area (Å²) in [5.41, 5.74) is 0. The molecule has 0 amide bonds. The van der Waals surface area contributed by atoms with Gasteiger partial charge in [-0.25, -0.2) is 0 Å². The number of hydrogen-bond donors (Lipinski definition) is 0. The van der Waals surface area contributed by atoms with Crippen molar-refractivity contribution < 1.29 is 14.3 Å². The van der Waals surface area contributed by atoms with Gasteiger partial charge in [0.25, 0.3) is 0 Å². The van der Waals surface area contributed by atoms with Gasteiger partial charge in [0, 0.05) is 20.8 Å². The minimum Gasteiger partial charge on any atom is -0.434 e. The first-order valence-corrected chi connectivity index (χ1v) is 3.81. The normalized spacial score (nSPS) is 11.3. The van der Waals surface area contributed by atoms with Gasteiger partial charge in [-0.1, -0.05) is 6.92 Å². The summed E-state index contributed by atoms with van der Waals surface area (Å²) in [6.07, 6.45) is 0.921. The molecule has 0 aromatic carbocycles. The van der Waals surface area contributed by atoms with Crippen molar-refractivity contribution >= 4 is 5.97 Å². The molecule has 0 rings (SSSR count). The van der Waals surface area contributed by atoms with Crippen molar-refractivity contribution in [3.8, 4) is 0 Å². The minimum atomic E-state index is -0.776. The van der Waals surface area contributed by atoms with Crippen LogP contribution in [0, 0.1) is 0 Å². The standard InChI is InChI=1S/C8H16O3/c1-5-6-10-8(3,4)11-7(2)9/h5-6H2,1-4H3. The SMILES string of the molecule is CCCOC(C)(C)OC(C)=O. The molecule has 0 spiro atoms. The second-order valence-corrected chi connectivity index (χ2v) is 2.84. The second kappa shape index (κ2) is 4.34.